The summed E-state index contributed by atoms with van der Waals surface area (Å²) in [5.74, 6) is 2.02. The Morgan fingerprint density at radius 1 is 0.958 bits per heavy atom. The van der Waals surface area contributed by atoms with Crippen molar-refractivity contribution in [3.05, 3.63) is 112 Å². The average Bonchev–Trinajstić information content (AvgIpc) is 3.90. The first kappa shape index (κ1) is 32.8. The number of thiophene rings is 1. The predicted octanol–water partition coefficient (Wildman–Crippen LogP) is 6.06. The highest BCUT2D eigenvalue weighted by Gasteiger charge is 2.36. The van der Waals surface area contributed by atoms with Crippen LogP contribution in [0.4, 0.5) is 0 Å². The second kappa shape index (κ2) is 14.7. The van der Waals surface area contributed by atoms with E-state index >= 15 is 0 Å². The van der Waals surface area contributed by atoms with E-state index in [4.69, 9.17) is 19.3 Å². The summed E-state index contributed by atoms with van der Waals surface area (Å²) in [4.78, 5) is 27.4. The standard InChI is InChI=1S/C35H34N6O5S2/c1-22-8-5-9-24(18-22)40-31(20-36-34(43)30-12-7-17-47-30)37-38-35(40)48-21-32(42)41-28(26-10-6-11-29(45-3)33(26)46-4)19-27(39-41)23-13-15-25(44-2)16-14-23/h5-18,28H,19-21H2,1-4H3,(H,36,43). The molecular formula is C35H34N6O5S2. The van der Waals surface area contributed by atoms with Crippen LogP contribution in [0, 0.1) is 6.92 Å². The number of rotatable bonds is 12. The van der Waals surface area contributed by atoms with E-state index in [9.17, 15) is 9.59 Å². The van der Waals surface area contributed by atoms with Crippen molar-refractivity contribution in [3.8, 4) is 22.9 Å². The molecule has 2 aromatic heterocycles. The molecule has 246 valence electrons. The van der Waals surface area contributed by atoms with Crippen LogP contribution in [0.2, 0.25) is 0 Å². The van der Waals surface area contributed by atoms with Crippen LogP contribution in [0.3, 0.4) is 0 Å². The molecule has 0 saturated heterocycles. The molecule has 0 aliphatic carbocycles. The van der Waals surface area contributed by atoms with Crippen LogP contribution in [0.25, 0.3) is 5.69 Å². The molecule has 2 amide bonds. The van der Waals surface area contributed by atoms with Crippen LogP contribution >= 0.6 is 23.1 Å². The lowest BCUT2D eigenvalue weighted by Crippen LogP contribution is -2.29. The largest absolute Gasteiger partial charge is 0.497 e. The van der Waals surface area contributed by atoms with E-state index in [2.05, 4.69) is 15.5 Å². The van der Waals surface area contributed by atoms with Gasteiger partial charge >= 0.3 is 0 Å². The Morgan fingerprint density at radius 2 is 1.77 bits per heavy atom. The summed E-state index contributed by atoms with van der Waals surface area (Å²) in [5.41, 5.74) is 4.32. The summed E-state index contributed by atoms with van der Waals surface area (Å²) in [5, 5.41) is 20.5. The van der Waals surface area contributed by atoms with Crippen molar-refractivity contribution in [2.24, 2.45) is 5.10 Å². The number of thioether (sulfide) groups is 1. The Kier molecular flexibility index (Phi) is 10.1. The molecule has 1 aliphatic rings. The van der Waals surface area contributed by atoms with Crippen LogP contribution < -0.4 is 19.5 Å². The molecule has 0 radical (unpaired) electrons. The van der Waals surface area contributed by atoms with Gasteiger partial charge in [-0.3, -0.25) is 14.2 Å². The summed E-state index contributed by atoms with van der Waals surface area (Å²) >= 11 is 2.63. The van der Waals surface area contributed by atoms with Crippen LogP contribution in [-0.4, -0.2) is 64.4 Å². The van der Waals surface area contributed by atoms with Gasteiger partial charge in [0.25, 0.3) is 11.8 Å². The number of methoxy groups -OCH3 is 3. The first-order valence-corrected chi connectivity index (χ1v) is 17.0. The summed E-state index contributed by atoms with van der Waals surface area (Å²) < 4.78 is 18.5. The molecule has 6 rings (SSSR count). The molecule has 0 bridgehead atoms. The number of nitrogens with one attached hydrogen (secondary N) is 1. The average molecular weight is 683 g/mol. The maximum atomic E-state index is 14.1. The highest BCUT2D eigenvalue weighted by atomic mass is 32.2. The Morgan fingerprint density at radius 3 is 2.48 bits per heavy atom. The Bertz CT molecular complexity index is 1940. The van der Waals surface area contributed by atoms with Gasteiger partial charge in [0.15, 0.2) is 22.5 Å². The van der Waals surface area contributed by atoms with Gasteiger partial charge in [-0.2, -0.15) is 5.10 Å². The summed E-state index contributed by atoms with van der Waals surface area (Å²) in [6.07, 6.45) is 0.472. The van der Waals surface area contributed by atoms with Gasteiger partial charge in [0.1, 0.15) is 5.75 Å². The molecule has 48 heavy (non-hydrogen) atoms. The molecule has 0 saturated carbocycles. The number of carbonyl (C=O) groups is 2. The van der Waals surface area contributed by atoms with E-state index < -0.39 is 6.04 Å². The molecular weight excluding hydrogens is 649 g/mol. The first-order valence-electron chi connectivity index (χ1n) is 15.1. The lowest BCUT2D eigenvalue weighted by atomic mass is 9.97. The van der Waals surface area contributed by atoms with E-state index in [0.29, 0.717) is 33.8 Å². The van der Waals surface area contributed by atoms with Gasteiger partial charge < -0.3 is 19.5 Å². The number of aromatic nitrogens is 3. The van der Waals surface area contributed by atoms with Crippen molar-refractivity contribution in [1.82, 2.24) is 25.1 Å². The number of ether oxygens (including phenoxy) is 3. The van der Waals surface area contributed by atoms with Gasteiger partial charge in [0, 0.05) is 17.7 Å². The molecule has 1 unspecified atom stereocenters. The fourth-order valence-corrected chi connectivity index (χ4v) is 6.96. The number of para-hydroxylation sites is 1. The van der Waals surface area contributed by atoms with Gasteiger partial charge in [-0.25, -0.2) is 5.01 Å². The fraction of sp³-hybridized carbons (Fsp3) is 0.229. The van der Waals surface area contributed by atoms with E-state index in [1.165, 1.54) is 28.1 Å². The maximum Gasteiger partial charge on any atom is 0.261 e. The minimum absolute atomic E-state index is 0.0354. The Balaban J connectivity index is 1.29. The third-order valence-corrected chi connectivity index (χ3v) is 9.60. The lowest BCUT2D eigenvalue weighted by molar-refractivity contribution is -0.130. The van der Waals surface area contributed by atoms with E-state index in [1.54, 1.807) is 27.4 Å². The Labute approximate surface area is 286 Å². The first-order chi connectivity index (χ1) is 23.4. The van der Waals surface area contributed by atoms with Crippen LogP contribution in [-0.2, 0) is 11.3 Å². The molecule has 1 aliphatic heterocycles. The van der Waals surface area contributed by atoms with Crippen molar-refractivity contribution in [2.75, 3.05) is 27.1 Å². The third-order valence-electron chi connectivity index (χ3n) is 7.82. The molecule has 13 heteroatoms. The van der Waals surface area contributed by atoms with E-state index in [1.807, 2.05) is 89.7 Å². The molecule has 0 spiro atoms. The van der Waals surface area contributed by atoms with Gasteiger partial charge in [-0.15, -0.1) is 21.5 Å². The molecule has 3 aromatic carbocycles. The molecule has 3 heterocycles. The number of hydrazone groups is 1. The number of aryl methyl sites for hydroxylation is 1. The number of nitrogens with zero attached hydrogens (tertiary/aromatic N) is 5. The zero-order chi connectivity index (χ0) is 33.6. The summed E-state index contributed by atoms with van der Waals surface area (Å²) in [7, 11) is 4.79. The van der Waals surface area contributed by atoms with Crippen LogP contribution in [0.5, 0.6) is 17.2 Å². The second-order valence-electron chi connectivity index (χ2n) is 10.8. The van der Waals surface area contributed by atoms with Gasteiger partial charge in [0.2, 0.25) is 0 Å². The minimum Gasteiger partial charge on any atom is -0.497 e. The van der Waals surface area contributed by atoms with E-state index in [-0.39, 0.29) is 24.1 Å². The number of benzene rings is 3. The minimum atomic E-state index is -0.432. The third kappa shape index (κ3) is 6.92. The van der Waals surface area contributed by atoms with Crippen LogP contribution in [0.15, 0.2) is 94.5 Å². The lowest BCUT2D eigenvalue weighted by Gasteiger charge is -2.24. The zero-order valence-electron chi connectivity index (χ0n) is 26.9. The summed E-state index contributed by atoms with van der Waals surface area (Å²) in [6, 6.07) is 24.3. The molecule has 11 nitrogen and oxygen atoms in total. The van der Waals surface area contributed by atoms with E-state index in [0.717, 1.165) is 33.8 Å². The SMILES string of the molecule is COc1ccc(C2=NN(C(=O)CSc3nnc(CNC(=O)c4cccs4)n3-c3cccc(C)c3)C(c3cccc(OC)c3OC)C2)cc1. The number of hydrogen-bond donors (Lipinski definition) is 1. The van der Waals surface area contributed by atoms with Crippen molar-refractivity contribution in [3.63, 3.8) is 0 Å². The number of carbonyl (C=O) groups excluding carboxylic acids is 2. The fourth-order valence-electron chi connectivity index (χ4n) is 5.50. The monoisotopic (exact) mass is 682 g/mol. The van der Waals surface area contributed by atoms with Crippen LogP contribution in [0.1, 0.15) is 44.6 Å². The van der Waals surface area contributed by atoms with Crippen molar-refractivity contribution in [1.29, 1.82) is 0 Å². The highest BCUT2D eigenvalue weighted by Crippen LogP contribution is 2.42. The predicted molar refractivity (Wildman–Crippen MR) is 186 cm³/mol. The topological polar surface area (TPSA) is 120 Å². The normalized spacial score (nSPS) is 14.0. The number of amides is 2. The highest BCUT2D eigenvalue weighted by molar-refractivity contribution is 7.99. The quantitative estimate of drug-likeness (QED) is 0.158. The molecule has 0 fully saturated rings. The van der Waals surface area contributed by atoms with Gasteiger partial charge in [0.05, 0.1) is 50.3 Å². The smallest absolute Gasteiger partial charge is 0.261 e. The number of hydrogen-bond acceptors (Lipinski definition) is 10. The molecule has 1 atom stereocenters. The van der Waals surface area contributed by atoms with Crippen molar-refractivity contribution in [2.45, 2.75) is 31.1 Å². The van der Waals surface area contributed by atoms with Crippen molar-refractivity contribution < 1.29 is 23.8 Å². The maximum absolute atomic E-state index is 14.1. The summed E-state index contributed by atoms with van der Waals surface area (Å²) in [6.45, 7) is 2.16. The van der Waals surface area contributed by atoms with Gasteiger partial charge in [-0.1, -0.05) is 42.1 Å². The second-order valence-corrected chi connectivity index (χ2v) is 12.7. The molecule has 5 aromatic rings. The zero-order valence-corrected chi connectivity index (χ0v) is 28.5. The van der Waals surface area contributed by atoms with Crippen molar-refractivity contribution >= 4 is 40.6 Å². The Hall–Kier alpha value is -5.14. The van der Waals surface area contributed by atoms with Gasteiger partial charge in [-0.05, 0) is 72.0 Å². The molecule has 1 N–H and O–H groups in total.